The zero-order valence-electron chi connectivity index (χ0n) is 29.0. The monoisotopic (exact) mass is 631 g/mol. The number of nitrogens with zero attached hydrogens (tertiary/aromatic N) is 2. The van der Waals surface area contributed by atoms with Crippen molar-refractivity contribution in [2.45, 2.75) is 126 Å². The number of alkyl carbamates (subject to hydrolysis) is 2. The van der Waals surface area contributed by atoms with Crippen LogP contribution in [0.5, 0.6) is 0 Å². The fourth-order valence-electron chi connectivity index (χ4n) is 3.50. The third-order valence-electron chi connectivity index (χ3n) is 5.85. The standard InChI is InChI=1S/C17H26N2O3.C8H12N2.C8H15NO4/c1-11-7-8-14(12(2)18-11)9-10-15(20)13(3)19-16(21)22-17(4,5)6;1-6-3-4-8(5-9)7(2)10-6;1-5(6(10)11)9-7(12)13-8(2,3)4/h7-8,13H,9-10H2,1-6H3,(H,19,21);3-4H,5,9H2,1-2H3;5H,1-4H3,(H,9,12)(H,10,11)/t13-;;5-/m0.0/s1. The number of carbonyl (C=O) groups is 4. The van der Waals surface area contributed by atoms with Gasteiger partial charge < -0.3 is 30.9 Å². The Morgan fingerprint density at radius 1 is 0.756 bits per heavy atom. The van der Waals surface area contributed by atoms with E-state index in [4.69, 9.17) is 20.3 Å². The van der Waals surface area contributed by atoms with Crippen LogP contribution >= 0.6 is 0 Å². The number of carboxylic acids is 1. The lowest BCUT2D eigenvalue weighted by atomic mass is 10.0. The van der Waals surface area contributed by atoms with Crippen molar-refractivity contribution in [1.82, 2.24) is 20.6 Å². The van der Waals surface area contributed by atoms with E-state index in [2.05, 4.69) is 20.6 Å². The number of hydrogen-bond acceptors (Lipinski definition) is 9. The predicted molar refractivity (Wildman–Crippen MR) is 174 cm³/mol. The van der Waals surface area contributed by atoms with Gasteiger partial charge in [-0.05, 0) is 113 Å². The van der Waals surface area contributed by atoms with Gasteiger partial charge in [-0.3, -0.25) is 19.6 Å². The number of nitrogens with two attached hydrogens (primary N) is 1. The maximum absolute atomic E-state index is 12.1. The highest BCUT2D eigenvalue weighted by atomic mass is 16.6. The first kappa shape index (κ1) is 40.9. The molecular formula is C33H53N5O7. The lowest BCUT2D eigenvalue weighted by Crippen LogP contribution is -2.41. The number of carboxylic acid groups (broad SMARTS) is 1. The molecular weight excluding hydrogens is 578 g/mol. The Kier molecular flexibility index (Phi) is 17.0. The zero-order chi connectivity index (χ0) is 35.1. The lowest BCUT2D eigenvalue weighted by molar-refractivity contribution is -0.139. The van der Waals surface area contributed by atoms with Crippen LogP contribution in [-0.4, -0.2) is 62.3 Å². The van der Waals surface area contributed by atoms with Crippen molar-refractivity contribution in [3.63, 3.8) is 0 Å². The Morgan fingerprint density at radius 2 is 1.16 bits per heavy atom. The van der Waals surface area contributed by atoms with Crippen molar-refractivity contribution in [3.8, 4) is 0 Å². The first-order valence-electron chi connectivity index (χ1n) is 14.9. The van der Waals surface area contributed by atoms with Gasteiger partial charge in [-0.25, -0.2) is 9.59 Å². The summed E-state index contributed by atoms with van der Waals surface area (Å²) in [5.74, 6) is -1.11. The molecule has 0 aliphatic heterocycles. The summed E-state index contributed by atoms with van der Waals surface area (Å²) in [7, 11) is 0. The van der Waals surface area contributed by atoms with Crippen LogP contribution in [0.3, 0.4) is 0 Å². The Bertz CT molecular complexity index is 1280. The molecule has 12 heteroatoms. The molecule has 0 aromatic carbocycles. The number of carbonyl (C=O) groups excluding carboxylic acids is 3. The quantitative estimate of drug-likeness (QED) is 0.300. The molecule has 12 nitrogen and oxygen atoms in total. The molecule has 0 radical (unpaired) electrons. The summed E-state index contributed by atoms with van der Waals surface area (Å²) in [4.78, 5) is 53.7. The number of aliphatic carboxylic acids is 1. The van der Waals surface area contributed by atoms with E-state index in [0.717, 1.165) is 33.9 Å². The minimum Gasteiger partial charge on any atom is -0.480 e. The molecule has 2 aromatic heterocycles. The molecule has 0 saturated carbocycles. The number of nitrogens with one attached hydrogen (secondary N) is 2. The van der Waals surface area contributed by atoms with Gasteiger partial charge in [0.1, 0.15) is 17.2 Å². The van der Waals surface area contributed by atoms with Crippen LogP contribution in [0.1, 0.15) is 95.7 Å². The summed E-state index contributed by atoms with van der Waals surface area (Å²) in [6.45, 7) is 21.9. The Hall–Kier alpha value is -4.06. The third-order valence-corrected chi connectivity index (χ3v) is 5.85. The van der Waals surface area contributed by atoms with Gasteiger partial charge in [0, 0.05) is 35.7 Å². The highest BCUT2D eigenvalue weighted by Gasteiger charge is 2.21. The second kappa shape index (κ2) is 18.7. The van der Waals surface area contributed by atoms with Gasteiger partial charge in [-0.1, -0.05) is 12.1 Å². The second-order valence-electron chi connectivity index (χ2n) is 12.6. The van der Waals surface area contributed by atoms with Gasteiger partial charge >= 0.3 is 18.2 Å². The number of pyridine rings is 2. The smallest absolute Gasteiger partial charge is 0.408 e. The minimum atomic E-state index is -1.09. The second-order valence-corrected chi connectivity index (χ2v) is 12.6. The summed E-state index contributed by atoms with van der Waals surface area (Å²) >= 11 is 0. The maximum atomic E-state index is 12.1. The maximum Gasteiger partial charge on any atom is 0.408 e. The van der Waals surface area contributed by atoms with Crippen LogP contribution in [0.15, 0.2) is 24.3 Å². The predicted octanol–water partition coefficient (Wildman–Crippen LogP) is 5.25. The molecule has 5 N–H and O–H groups in total. The molecule has 2 amide bonds. The third kappa shape index (κ3) is 19.0. The summed E-state index contributed by atoms with van der Waals surface area (Å²) in [5.41, 5.74) is 10.5. The van der Waals surface area contributed by atoms with E-state index in [-0.39, 0.29) is 5.78 Å². The number of rotatable bonds is 8. The van der Waals surface area contributed by atoms with E-state index in [1.807, 2.05) is 52.0 Å². The van der Waals surface area contributed by atoms with Gasteiger partial charge in [0.2, 0.25) is 0 Å². The van der Waals surface area contributed by atoms with Crippen molar-refractivity contribution in [3.05, 3.63) is 58.2 Å². The molecule has 2 heterocycles. The fourth-order valence-corrected chi connectivity index (χ4v) is 3.50. The normalized spacial score (nSPS) is 12.2. The minimum absolute atomic E-state index is 0.0224. The number of ketones is 1. The molecule has 45 heavy (non-hydrogen) atoms. The number of Topliss-reactive ketones (excluding diaryl/α,β-unsaturated/α-hetero) is 1. The molecule has 0 fully saturated rings. The highest BCUT2D eigenvalue weighted by Crippen LogP contribution is 2.11. The van der Waals surface area contributed by atoms with E-state index in [9.17, 15) is 19.2 Å². The van der Waals surface area contributed by atoms with Crippen molar-refractivity contribution >= 4 is 23.9 Å². The molecule has 2 atom stereocenters. The summed E-state index contributed by atoms with van der Waals surface area (Å²) in [6, 6.07) is 6.45. The largest absolute Gasteiger partial charge is 0.480 e. The number of hydrogen-bond donors (Lipinski definition) is 4. The number of aryl methyl sites for hydroxylation is 5. The Morgan fingerprint density at radius 3 is 1.51 bits per heavy atom. The summed E-state index contributed by atoms with van der Waals surface area (Å²) < 4.78 is 9.99. The van der Waals surface area contributed by atoms with Crippen LogP contribution < -0.4 is 16.4 Å². The van der Waals surface area contributed by atoms with Crippen molar-refractivity contribution in [1.29, 1.82) is 0 Å². The van der Waals surface area contributed by atoms with Crippen LogP contribution in [0, 0.1) is 27.7 Å². The lowest BCUT2D eigenvalue weighted by Gasteiger charge is -2.21. The molecule has 2 rings (SSSR count). The van der Waals surface area contributed by atoms with Gasteiger partial charge in [-0.15, -0.1) is 0 Å². The summed E-state index contributed by atoms with van der Waals surface area (Å²) in [5, 5.41) is 13.2. The SMILES string of the molecule is C[C@H](NC(=O)OC(C)(C)C)C(=O)O.Cc1ccc(CCC(=O)[C@H](C)NC(=O)OC(C)(C)C)c(C)n1.Cc1ccc(CN)c(C)n1. The van der Waals surface area contributed by atoms with Gasteiger partial charge in [-0.2, -0.15) is 0 Å². The van der Waals surface area contributed by atoms with Gasteiger partial charge in [0.05, 0.1) is 6.04 Å². The molecule has 0 unspecified atom stereocenters. The number of aromatic nitrogens is 2. The molecule has 2 aromatic rings. The Balaban J connectivity index is 0.000000712. The molecule has 0 aliphatic rings. The van der Waals surface area contributed by atoms with Crippen LogP contribution in [0.2, 0.25) is 0 Å². The Labute approximate surface area is 267 Å². The fraction of sp³-hybridized carbons (Fsp3) is 0.576. The topological polar surface area (TPSA) is 183 Å². The zero-order valence-corrected chi connectivity index (χ0v) is 29.0. The molecule has 0 bridgehead atoms. The van der Waals surface area contributed by atoms with Gasteiger partial charge in [0.15, 0.2) is 5.78 Å². The highest BCUT2D eigenvalue weighted by molar-refractivity contribution is 5.87. The average Bonchev–Trinajstić information content (AvgIpc) is 2.86. The van der Waals surface area contributed by atoms with E-state index >= 15 is 0 Å². The van der Waals surface area contributed by atoms with Crippen molar-refractivity contribution < 1.29 is 33.8 Å². The van der Waals surface area contributed by atoms with Crippen molar-refractivity contribution in [2.24, 2.45) is 5.73 Å². The van der Waals surface area contributed by atoms with Crippen LogP contribution in [0.25, 0.3) is 0 Å². The van der Waals surface area contributed by atoms with E-state index in [0.29, 0.717) is 19.4 Å². The first-order valence-corrected chi connectivity index (χ1v) is 14.9. The van der Waals surface area contributed by atoms with Crippen LogP contribution in [-0.2, 0) is 32.0 Å². The van der Waals surface area contributed by atoms with Crippen LogP contribution in [0.4, 0.5) is 9.59 Å². The summed E-state index contributed by atoms with van der Waals surface area (Å²) in [6.07, 6.45) is -0.301. The number of amides is 2. The molecule has 252 valence electrons. The van der Waals surface area contributed by atoms with E-state index < -0.39 is 41.4 Å². The molecule has 0 aliphatic carbocycles. The number of ether oxygens (including phenoxy) is 2. The first-order chi connectivity index (χ1) is 20.5. The average molecular weight is 632 g/mol. The van der Waals surface area contributed by atoms with E-state index in [1.165, 1.54) is 6.92 Å². The van der Waals surface area contributed by atoms with Crippen molar-refractivity contribution in [2.75, 3.05) is 0 Å². The van der Waals surface area contributed by atoms with Gasteiger partial charge in [0.25, 0.3) is 0 Å². The molecule has 0 spiro atoms. The van der Waals surface area contributed by atoms with E-state index in [1.54, 1.807) is 48.5 Å². The molecule has 0 saturated heterocycles.